The summed E-state index contributed by atoms with van der Waals surface area (Å²) in [5, 5.41) is 26.3. The Labute approximate surface area is 190 Å². The highest BCUT2D eigenvalue weighted by Crippen LogP contribution is 2.45. The van der Waals surface area contributed by atoms with Crippen molar-refractivity contribution in [3.05, 3.63) is 51.0 Å². The van der Waals surface area contributed by atoms with Crippen molar-refractivity contribution < 1.29 is 4.39 Å². The molecule has 0 radical (unpaired) electrons. The third-order valence-electron chi connectivity index (χ3n) is 6.48. The fourth-order valence-electron chi connectivity index (χ4n) is 4.90. The van der Waals surface area contributed by atoms with Crippen LogP contribution in [-0.2, 0) is 13.6 Å². The Morgan fingerprint density at radius 2 is 1.97 bits per heavy atom. The SMILES string of the molecule is Cn1ncc2c3cc4c(CN)n[nH]c(=O)c4cc3c3c(Cl)cc(N4CC(F)C4)c(C#N)c3c21. The third kappa shape index (κ3) is 2.62. The number of aromatic amines is 1. The van der Waals surface area contributed by atoms with Crippen molar-refractivity contribution in [1.29, 1.82) is 5.26 Å². The van der Waals surface area contributed by atoms with Crippen molar-refractivity contribution in [3.63, 3.8) is 0 Å². The minimum atomic E-state index is -0.928. The molecule has 33 heavy (non-hydrogen) atoms. The van der Waals surface area contributed by atoms with E-state index < -0.39 is 6.17 Å². The molecule has 3 aromatic carbocycles. The van der Waals surface area contributed by atoms with Gasteiger partial charge >= 0.3 is 0 Å². The fraction of sp³-hybridized carbons (Fsp3) is 0.217. The van der Waals surface area contributed by atoms with Gasteiger partial charge in [0.15, 0.2) is 0 Å². The van der Waals surface area contributed by atoms with Gasteiger partial charge in [0, 0.05) is 35.1 Å². The molecule has 0 atom stereocenters. The van der Waals surface area contributed by atoms with Crippen molar-refractivity contribution in [2.45, 2.75) is 12.7 Å². The Balaban J connectivity index is 1.88. The van der Waals surface area contributed by atoms with Crippen LogP contribution in [0.2, 0.25) is 5.02 Å². The fourth-order valence-corrected chi connectivity index (χ4v) is 5.20. The predicted octanol–water partition coefficient (Wildman–Crippen LogP) is 3.26. The molecule has 0 unspecified atom stereocenters. The van der Waals surface area contributed by atoms with Crippen LogP contribution in [0.25, 0.3) is 43.2 Å². The van der Waals surface area contributed by atoms with Crippen molar-refractivity contribution >= 4 is 60.5 Å². The summed E-state index contributed by atoms with van der Waals surface area (Å²) in [6.45, 7) is 0.595. The van der Waals surface area contributed by atoms with Crippen molar-refractivity contribution in [3.8, 4) is 6.07 Å². The highest BCUT2D eigenvalue weighted by Gasteiger charge is 2.30. The lowest BCUT2D eigenvalue weighted by molar-refractivity contribution is 0.275. The zero-order chi connectivity index (χ0) is 23.0. The Morgan fingerprint density at radius 1 is 1.21 bits per heavy atom. The van der Waals surface area contributed by atoms with Crippen LogP contribution in [0, 0.1) is 11.3 Å². The summed E-state index contributed by atoms with van der Waals surface area (Å²) in [6.07, 6.45) is 0.803. The Bertz CT molecular complexity index is 1740. The lowest BCUT2D eigenvalue weighted by Gasteiger charge is -2.37. The van der Waals surface area contributed by atoms with Crippen LogP contribution < -0.4 is 16.2 Å². The summed E-state index contributed by atoms with van der Waals surface area (Å²) in [4.78, 5) is 14.4. The van der Waals surface area contributed by atoms with Crippen LogP contribution in [-0.4, -0.2) is 39.2 Å². The lowest BCUT2D eigenvalue weighted by Crippen LogP contribution is -2.48. The van der Waals surface area contributed by atoms with E-state index in [1.54, 1.807) is 30.1 Å². The Kier molecular flexibility index (Phi) is 4.15. The molecular formula is C23H17ClFN7O. The zero-order valence-electron chi connectivity index (χ0n) is 17.5. The predicted molar refractivity (Wildman–Crippen MR) is 126 cm³/mol. The second kappa shape index (κ2) is 6.88. The standard InChI is InChI=1S/C23H17ClFN7O/c1-31-22-16(7-28-31)11-2-12-14(23(33)30-29-18(12)6-27)3-13(11)20-17(24)4-19(15(5-26)21(20)22)32-8-10(25)9-32/h2-4,7,10H,6,8-9,27H2,1H3,(H,30,33). The van der Waals surface area contributed by atoms with Gasteiger partial charge in [0.05, 0.1) is 52.2 Å². The molecular weight excluding hydrogens is 445 g/mol. The Hall–Kier alpha value is -3.74. The van der Waals surface area contributed by atoms with Gasteiger partial charge in [-0.1, -0.05) is 11.6 Å². The number of nitriles is 1. The summed E-state index contributed by atoms with van der Waals surface area (Å²) in [6, 6.07) is 7.68. The van der Waals surface area contributed by atoms with Crippen LogP contribution in [0.4, 0.5) is 10.1 Å². The largest absolute Gasteiger partial charge is 0.364 e. The van der Waals surface area contributed by atoms with E-state index in [-0.39, 0.29) is 25.2 Å². The smallest absolute Gasteiger partial charge is 0.272 e. The van der Waals surface area contributed by atoms with E-state index in [1.807, 2.05) is 11.0 Å². The maximum atomic E-state index is 13.6. The number of alkyl halides is 1. The number of hydrogen-bond acceptors (Lipinski definition) is 6. The van der Waals surface area contributed by atoms with Gasteiger partial charge in [-0.15, -0.1) is 0 Å². The molecule has 1 fully saturated rings. The molecule has 2 aromatic heterocycles. The summed E-state index contributed by atoms with van der Waals surface area (Å²) in [5.74, 6) is 0. The molecule has 164 valence electrons. The second-order valence-corrected chi connectivity index (χ2v) is 8.70. The summed E-state index contributed by atoms with van der Waals surface area (Å²) < 4.78 is 15.3. The number of halogens is 2. The molecule has 1 saturated heterocycles. The molecule has 1 aliphatic rings. The number of fused-ring (bicyclic) bond motifs is 7. The number of aryl methyl sites for hydroxylation is 1. The molecule has 0 spiro atoms. The average Bonchev–Trinajstić information content (AvgIpc) is 3.18. The van der Waals surface area contributed by atoms with Gasteiger partial charge in [0.1, 0.15) is 12.2 Å². The monoisotopic (exact) mass is 461 g/mol. The molecule has 0 amide bonds. The van der Waals surface area contributed by atoms with E-state index in [0.29, 0.717) is 43.5 Å². The van der Waals surface area contributed by atoms with Gasteiger partial charge in [-0.25, -0.2) is 9.49 Å². The van der Waals surface area contributed by atoms with Crippen LogP contribution >= 0.6 is 11.6 Å². The van der Waals surface area contributed by atoms with Crippen molar-refractivity contribution in [1.82, 2.24) is 20.0 Å². The average molecular weight is 462 g/mol. The normalized spacial score (nSPS) is 14.5. The number of nitrogens with two attached hydrogens (primary N) is 1. The molecule has 6 rings (SSSR count). The minimum absolute atomic E-state index is 0.163. The van der Waals surface area contributed by atoms with E-state index >= 15 is 0 Å². The van der Waals surface area contributed by atoms with Gasteiger partial charge in [0.2, 0.25) is 0 Å². The first kappa shape index (κ1) is 19.9. The molecule has 1 aliphatic heterocycles. The minimum Gasteiger partial charge on any atom is -0.364 e. The number of hydrogen-bond donors (Lipinski definition) is 2. The van der Waals surface area contributed by atoms with E-state index in [4.69, 9.17) is 17.3 Å². The molecule has 0 aliphatic carbocycles. The summed E-state index contributed by atoms with van der Waals surface area (Å²) in [5.41, 5.74) is 7.83. The zero-order valence-corrected chi connectivity index (χ0v) is 18.2. The van der Waals surface area contributed by atoms with Gasteiger partial charge in [0.25, 0.3) is 5.56 Å². The first-order valence-electron chi connectivity index (χ1n) is 10.4. The van der Waals surface area contributed by atoms with Crippen LogP contribution in [0.5, 0.6) is 0 Å². The van der Waals surface area contributed by atoms with Gasteiger partial charge < -0.3 is 10.6 Å². The first-order valence-corrected chi connectivity index (χ1v) is 10.7. The number of nitrogens with zero attached hydrogens (tertiary/aromatic N) is 5. The van der Waals surface area contributed by atoms with E-state index in [2.05, 4.69) is 21.4 Å². The van der Waals surface area contributed by atoms with Crippen LogP contribution in [0.15, 0.2) is 29.2 Å². The number of H-pyrrole nitrogens is 1. The van der Waals surface area contributed by atoms with E-state index in [1.165, 1.54) is 0 Å². The van der Waals surface area contributed by atoms with Gasteiger partial charge in [-0.2, -0.15) is 15.5 Å². The lowest BCUT2D eigenvalue weighted by atomic mass is 9.91. The summed E-state index contributed by atoms with van der Waals surface area (Å²) >= 11 is 6.82. The quantitative estimate of drug-likeness (QED) is 0.308. The van der Waals surface area contributed by atoms with Crippen LogP contribution in [0.1, 0.15) is 11.3 Å². The van der Waals surface area contributed by atoms with Crippen molar-refractivity contribution in [2.75, 3.05) is 18.0 Å². The third-order valence-corrected chi connectivity index (χ3v) is 6.78. The number of rotatable bonds is 2. The number of benzene rings is 3. The molecule has 0 bridgehead atoms. The van der Waals surface area contributed by atoms with E-state index in [0.717, 1.165) is 21.7 Å². The maximum absolute atomic E-state index is 13.6. The summed E-state index contributed by atoms with van der Waals surface area (Å²) in [7, 11) is 1.80. The highest BCUT2D eigenvalue weighted by atomic mass is 35.5. The second-order valence-electron chi connectivity index (χ2n) is 8.29. The van der Waals surface area contributed by atoms with Gasteiger partial charge in [-0.05, 0) is 29.0 Å². The molecule has 3 heterocycles. The highest BCUT2D eigenvalue weighted by molar-refractivity contribution is 6.42. The number of aromatic nitrogens is 4. The molecule has 5 aromatic rings. The molecule has 3 N–H and O–H groups in total. The first-order chi connectivity index (χ1) is 15.9. The topological polar surface area (TPSA) is 117 Å². The molecule has 0 saturated carbocycles. The van der Waals surface area contributed by atoms with Gasteiger partial charge in [-0.3, -0.25) is 9.48 Å². The number of nitrogens with one attached hydrogen (secondary N) is 1. The van der Waals surface area contributed by atoms with E-state index in [9.17, 15) is 14.4 Å². The van der Waals surface area contributed by atoms with Crippen LogP contribution in [0.3, 0.4) is 0 Å². The Morgan fingerprint density at radius 3 is 2.67 bits per heavy atom. The van der Waals surface area contributed by atoms with Crippen molar-refractivity contribution in [2.24, 2.45) is 12.8 Å². The maximum Gasteiger partial charge on any atom is 0.272 e. The molecule has 10 heteroatoms. The number of anilines is 1. The molecule has 8 nitrogen and oxygen atoms in total.